The minimum absolute atomic E-state index is 0.156. The van der Waals surface area contributed by atoms with E-state index < -0.39 is 0 Å². The molecule has 0 saturated heterocycles. The predicted molar refractivity (Wildman–Crippen MR) is 69.6 cm³/mol. The van der Waals surface area contributed by atoms with Gasteiger partial charge in [0, 0.05) is 6.04 Å². The van der Waals surface area contributed by atoms with Crippen LogP contribution in [0.15, 0.2) is 42.5 Å². The summed E-state index contributed by atoms with van der Waals surface area (Å²) in [6.07, 6.45) is 0. The Morgan fingerprint density at radius 3 is 2.56 bits per heavy atom. The third-order valence-electron chi connectivity index (χ3n) is 2.84. The summed E-state index contributed by atoms with van der Waals surface area (Å²) in [6, 6.07) is 11.0. The first kappa shape index (κ1) is 12.6. The molecule has 0 aliphatic carbocycles. The van der Waals surface area contributed by atoms with Gasteiger partial charge in [-0.25, -0.2) is 8.78 Å². The van der Waals surface area contributed by atoms with Crippen LogP contribution in [0, 0.1) is 18.6 Å². The maximum Gasteiger partial charge on any atom is 0.146 e. The highest BCUT2D eigenvalue weighted by molar-refractivity contribution is 5.48. The fourth-order valence-electron chi connectivity index (χ4n) is 1.84. The molecule has 0 aromatic heterocycles. The highest BCUT2D eigenvalue weighted by Crippen LogP contribution is 2.23. The van der Waals surface area contributed by atoms with Crippen LogP contribution in [0.4, 0.5) is 14.5 Å². The number of hydrogen-bond acceptors (Lipinski definition) is 1. The van der Waals surface area contributed by atoms with Gasteiger partial charge in [0.15, 0.2) is 0 Å². The average Bonchev–Trinajstić information content (AvgIpc) is 2.34. The molecule has 2 aromatic carbocycles. The lowest BCUT2D eigenvalue weighted by atomic mass is 10.1. The minimum Gasteiger partial charge on any atom is -0.376 e. The summed E-state index contributed by atoms with van der Waals surface area (Å²) in [7, 11) is 0. The molecule has 1 unspecified atom stereocenters. The van der Waals surface area contributed by atoms with E-state index >= 15 is 0 Å². The second-order valence-corrected chi connectivity index (χ2v) is 4.40. The SMILES string of the molecule is Cc1ccc(F)c(NC(C)c2cccc(F)c2)c1. The Labute approximate surface area is 105 Å². The molecule has 2 aromatic rings. The minimum atomic E-state index is -0.302. The molecule has 1 atom stereocenters. The molecule has 18 heavy (non-hydrogen) atoms. The van der Waals surface area contributed by atoms with E-state index in [0.717, 1.165) is 11.1 Å². The molecule has 0 aliphatic heterocycles. The smallest absolute Gasteiger partial charge is 0.146 e. The molecule has 0 heterocycles. The van der Waals surface area contributed by atoms with Gasteiger partial charge >= 0.3 is 0 Å². The van der Waals surface area contributed by atoms with Crippen molar-refractivity contribution in [2.45, 2.75) is 19.9 Å². The maximum atomic E-state index is 13.6. The van der Waals surface area contributed by atoms with Gasteiger partial charge in [-0.05, 0) is 49.2 Å². The molecule has 0 aliphatic rings. The van der Waals surface area contributed by atoms with Gasteiger partial charge in [-0.1, -0.05) is 18.2 Å². The second-order valence-electron chi connectivity index (χ2n) is 4.40. The first-order valence-electron chi connectivity index (χ1n) is 5.84. The van der Waals surface area contributed by atoms with Crippen molar-refractivity contribution in [2.24, 2.45) is 0 Å². The molecule has 0 fully saturated rings. The first-order chi connectivity index (χ1) is 8.56. The third-order valence-corrected chi connectivity index (χ3v) is 2.84. The number of halogens is 2. The van der Waals surface area contributed by atoms with Crippen molar-refractivity contribution in [3.63, 3.8) is 0 Å². The molecule has 1 nitrogen and oxygen atoms in total. The van der Waals surface area contributed by atoms with Crippen molar-refractivity contribution >= 4 is 5.69 Å². The second kappa shape index (κ2) is 5.17. The van der Waals surface area contributed by atoms with Crippen LogP contribution in [0.25, 0.3) is 0 Å². The summed E-state index contributed by atoms with van der Waals surface area (Å²) in [5.74, 6) is -0.588. The van der Waals surface area contributed by atoms with E-state index in [9.17, 15) is 8.78 Å². The van der Waals surface area contributed by atoms with Crippen LogP contribution in [-0.4, -0.2) is 0 Å². The van der Waals surface area contributed by atoms with Gasteiger partial charge < -0.3 is 5.32 Å². The quantitative estimate of drug-likeness (QED) is 0.845. The zero-order valence-electron chi connectivity index (χ0n) is 10.4. The number of aryl methyl sites for hydroxylation is 1. The molecular formula is C15H15F2N. The Bertz CT molecular complexity index is 552. The van der Waals surface area contributed by atoms with E-state index in [1.165, 1.54) is 18.2 Å². The Balaban J connectivity index is 2.21. The third kappa shape index (κ3) is 2.86. The monoisotopic (exact) mass is 247 g/mol. The Morgan fingerprint density at radius 2 is 1.83 bits per heavy atom. The van der Waals surface area contributed by atoms with Crippen molar-refractivity contribution in [1.29, 1.82) is 0 Å². The molecule has 0 amide bonds. The highest BCUT2D eigenvalue weighted by Gasteiger charge is 2.09. The number of nitrogens with one attached hydrogen (secondary N) is 1. The summed E-state index contributed by atoms with van der Waals surface area (Å²) in [4.78, 5) is 0. The molecule has 2 rings (SSSR count). The number of rotatable bonds is 3. The van der Waals surface area contributed by atoms with Crippen LogP contribution in [0.2, 0.25) is 0 Å². The summed E-state index contributed by atoms with van der Waals surface area (Å²) < 4.78 is 26.7. The molecule has 1 N–H and O–H groups in total. The zero-order chi connectivity index (χ0) is 13.1. The summed E-state index contributed by atoms with van der Waals surface area (Å²) >= 11 is 0. The Morgan fingerprint density at radius 1 is 1.06 bits per heavy atom. The van der Waals surface area contributed by atoms with Gasteiger partial charge in [0.05, 0.1) is 5.69 Å². The Kier molecular flexibility index (Phi) is 3.60. The van der Waals surface area contributed by atoms with E-state index in [4.69, 9.17) is 0 Å². The van der Waals surface area contributed by atoms with Gasteiger partial charge in [0.2, 0.25) is 0 Å². The van der Waals surface area contributed by atoms with Crippen LogP contribution in [0.3, 0.4) is 0 Å². The number of benzene rings is 2. The van der Waals surface area contributed by atoms with E-state index in [1.54, 1.807) is 18.2 Å². The zero-order valence-corrected chi connectivity index (χ0v) is 10.4. The number of anilines is 1. The lowest BCUT2D eigenvalue weighted by molar-refractivity contribution is 0.620. The Hall–Kier alpha value is -1.90. The molecule has 0 saturated carbocycles. The molecule has 94 valence electrons. The topological polar surface area (TPSA) is 12.0 Å². The van der Waals surface area contributed by atoms with E-state index in [2.05, 4.69) is 5.32 Å². The molecule has 0 radical (unpaired) electrons. The van der Waals surface area contributed by atoms with Gasteiger partial charge in [-0.2, -0.15) is 0 Å². The average molecular weight is 247 g/mol. The van der Waals surface area contributed by atoms with Gasteiger partial charge in [-0.3, -0.25) is 0 Å². The molecular weight excluding hydrogens is 232 g/mol. The van der Waals surface area contributed by atoms with Crippen LogP contribution >= 0.6 is 0 Å². The van der Waals surface area contributed by atoms with Crippen molar-refractivity contribution < 1.29 is 8.78 Å². The van der Waals surface area contributed by atoms with E-state index in [-0.39, 0.29) is 17.7 Å². The van der Waals surface area contributed by atoms with Crippen LogP contribution in [0.5, 0.6) is 0 Å². The van der Waals surface area contributed by atoms with Crippen molar-refractivity contribution in [3.8, 4) is 0 Å². The highest BCUT2D eigenvalue weighted by atomic mass is 19.1. The fourth-order valence-corrected chi connectivity index (χ4v) is 1.84. The molecule has 3 heteroatoms. The first-order valence-corrected chi connectivity index (χ1v) is 5.84. The van der Waals surface area contributed by atoms with Crippen molar-refractivity contribution in [2.75, 3.05) is 5.32 Å². The summed E-state index contributed by atoms with van der Waals surface area (Å²) in [5.41, 5.74) is 2.20. The molecule has 0 bridgehead atoms. The van der Waals surface area contributed by atoms with Gasteiger partial charge in [-0.15, -0.1) is 0 Å². The largest absolute Gasteiger partial charge is 0.376 e. The number of hydrogen-bond donors (Lipinski definition) is 1. The predicted octanol–water partition coefficient (Wildman–Crippen LogP) is 4.45. The standard InChI is InChI=1S/C15H15F2N/c1-10-6-7-14(17)15(8-10)18-11(2)12-4-3-5-13(16)9-12/h3-9,11,18H,1-2H3. The van der Waals surface area contributed by atoms with Crippen molar-refractivity contribution in [1.82, 2.24) is 0 Å². The lowest BCUT2D eigenvalue weighted by Gasteiger charge is -2.16. The van der Waals surface area contributed by atoms with E-state index in [1.807, 2.05) is 19.9 Å². The fraction of sp³-hybridized carbons (Fsp3) is 0.200. The van der Waals surface area contributed by atoms with Crippen molar-refractivity contribution in [3.05, 3.63) is 65.2 Å². The van der Waals surface area contributed by atoms with Crippen LogP contribution in [0.1, 0.15) is 24.1 Å². The van der Waals surface area contributed by atoms with Gasteiger partial charge in [0.1, 0.15) is 11.6 Å². The summed E-state index contributed by atoms with van der Waals surface area (Å²) in [6.45, 7) is 3.77. The summed E-state index contributed by atoms with van der Waals surface area (Å²) in [5, 5.41) is 3.05. The van der Waals surface area contributed by atoms with Crippen LogP contribution in [-0.2, 0) is 0 Å². The lowest BCUT2D eigenvalue weighted by Crippen LogP contribution is -2.08. The molecule has 0 spiro atoms. The maximum absolute atomic E-state index is 13.6. The van der Waals surface area contributed by atoms with Gasteiger partial charge in [0.25, 0.3) is 0 Å². The normalized spacial score (nSPS) is 12.2. The van der Waals surface area contributed by atoms with Crippen LogP contribution < -0.4 is 5.32 Å². The van der Waals surface area contributed by atoms with E-state index in [0.29, 0.717) is 5.69 Å².